The average molecular weight is 456 g/mol. The maximum absolute atomic E-state index is 12.5. The zero-order chi connectivity index (χ0) is 24.1. The Bertz CT molecular complexity index is 1010. The fourth-order valence-corrected chi connectivity index (χ4v) is 3.66. The van der Waals surface area contributed by atoms with E-state index in [9.17, 15) is 19.2 Å². The van der Waals surface area contributed by atoms with E-state index in [1.807, 2.05) is 30.3 Å². The molecular weight excluding hydrogens is 428 g/mol. The highest BCUT2D eigenvalue weighted by Crippen LogP contribution is 2.31. The van der Waals surface area contributed by atoms with Gasteiger partial charge in [-0.15, -0.1) is 0 Å². The van der Waals surface area contributed by atoms with Crippen molar-refractivity contribution in [2.45, 2.75) is 45.6 Å². The predicted molar refractivity (Wildman–Crippen MR) is 120 cm³/mol. The van der Waals surface area contributed by atoms with Gasteiger partial charge in [-0.25, -0.2) is 9.59 Å². The number of carbonyl (C=O) groups excluding carboxylic acids is 4. The van der Waals surface area contributed by atoms with Crippen molar-refractivity contribution < 1.29 is 33.4 Å². The lowest BCUT2D eigenvalue weighted by atomic mass is 9.93. The molecule has 3 atom stereocenters. The third kappa shape index (κ3) is 5.74. The van der Waals surface area contributed by atoms with E-state index < -0.39 is 30.3 Å². The molecule has 0 saturated heterocycles. The molecular formula is C24H28N2O7. The van der Waals surface area contributed by atoms with Gasteiger partial charge in [0.25, 0.3) is 0 Å². The van der Waals surface area contributed by atoms with Crippen molar-refractivity contribution in [3.8, 4) is 0 Å². The van der Waals surface area contributed by atoms with Crippen LogP contribution in [0, 0.1) is 0 Å². The second-order valence-corrected chi connectivity index (χ2v) is 7.95. The van der Waals surface area contributed by atoms with Gasteiger partial charge in [0.2, 0.25) is 5.91 Å². The minimum atomic E-state index is -0.760. The van der Waals surface area contributed by atoms with Gasteiger partial charge in [0.05, 0.1) is 11.6 Å². The summed E-state index contributed by atoms with van der Waals surface area (Å²) in [7, 11) is 1.39. The molecule has 2 aliphatic heterocycles. The Morgan fingerprint density at radius 2 is 1.88 bits per heavy atom. The molecule has 0 saturated carbocycles. The van der Waals surface area contributed by atoms with Gasteiger partial charge < -0.3 is 24.8 Å². The second-order valence-electron chi connectivity index (χ2n) is 7.95. The summed E-state index contributed by atoms with van der Waals surface area (Å²) in [6.07, 6.45) is 1.06. The second kappa shape index (κ2) is 10.5. The zero-order valence-electron chi connectivity index (χ0n) is 19.1. The fraction of sp³-hybridized carbons (Fsp3) is 0.417. The zero-order valence-corrected chi connectivity index (χ0v) is 19.1. The number of carbonyl (C=O) groups is 4. The maximum Gasteiger partial charge on any atom is 0.341 e. The first kappa shape index (κ1) is 24.3. The summed E-state index contributed by atoms with van der Waals surface area (Å²) in [5.41, 5.74) is 3.67. The summed E-state index contributed by atoms with van der Waals surface area (Å²) in [6, 6.07) is 6.84. The fourth-order valence-electron chi connectivity index (χ4n) is 3.66. The SMILES string of the molecule is COC(C)C(=O)OCC(=O)C1C=C(c2ccc(C3=C(C)[C@H](NC(C)=O)OC3=O)cc2)CCN1. The topological polar surface area (TPSA) is 120 Å². The highest BCUT2D eigenvalue weighted by Gasteiger charge is 2.32. The van der Waals surface area contributed by atoms with Crippen molar-refractivity contribution >= 4 is 34.8 Å². The maximum atomic E-state index is 12.5. The monoisotopic (exact) mass is 456 g/mol. The van der Waals surface area contributed by atoms with E-state index in [4.69, 9.17) is 14.2 Å². The molecule has 2 unspecified atom stereocenters. The Morgan fingerprint density at radius 1 is 1.21 bits per heavy atom. The van der Waals surface area contributed by atoms with Gasteiger partial charge in [-0.05, 0) is 37.0 Å². The molecule has 1 amide bonds. The smallest absolute Gasteiger partial charge is 0.341 e. The van der Waals surface area contributed by atoms with Gasteiger partial charge in [0.1, 0.15) is 0 Å². The number of nitrogens with one attached hydrogen (secondary N) is 2. The van der Waals surface area contributed by atoms with Gasteiger partial charge in [-0.1, -0.05) is 30.3 Å². The van der Waals surface area contributed by atoms with Crippen LogP contribution in [0.2, 0.25) is 0 Å². The molecule has 176 valence electrons. The number of rotatable bonds is 8. The van der Waals surface area contributed by atoms with Crippen LogP contribution in [0.3, 0.4) is 0 Å². The Morgan fingerprint density at radius 3 is 2.52 bits per heavy atom. The lowest BCUT2D eigenvalue weighted by Crippen LogP contribution is -2.41. The van der Waals surface area contributed by atoms with Gasteiger partial charge >= 0.3 is 11.9 Å². The summed E-state index contributed by atoms with van der Waals surface area (Å²) in [4.78, 5) is 47.8. The Balaban J connectivity index is 1.71. The Labute approximate surface area is 192 Å². The van der Waals surface area contributed by atoms with Crippen LogP contribution in [0.5, 0.6) is 0 Å². The summed E-state index contributed by atoms with van der Waals surface area (Å²) < 4.78 is 15.2. The quantitative estimate of drug-likeness (QED) is 0.563. The van der Waals surface area contributed by atoms with E-state index in [0.717, 1.165) is 17.6 Å². The van der Waals surface area contributed by atoms with Crippen molar-refractivity contribution in [2.75, 3.05) is 20.3 Å². The molecule has 0 radical (unpaired) electrons. The molecule has 9 heteroatoms. The molecule has 2 N–H and O–H groups in total. The molecule has 0 fully saturated rings. The van der Waals surface area contributed by atoms with Crippen LogP contribution in [-0.2, 0) is 33.4 Å². The number of esters is 2. The number of hydrogen-bond donors (Lipinski definition) is 2. The first-order chi connectivity index (χ1) is 15.7. The van der Waals surface area contributed by atoms with E-state index in [1.54, 1.807) is 13.8 Å². The predicted octanol–water partition coefficient (Wildman–Crippen LogP) is 1.37. The molecule has 9 nitrogen and oxygen atoms in total. The molecule has 0 spiro atoms. The van der Waals surface area contributed by atoms with Crippen LogP contribution in [0.25, 0.3) is 11.1 Å². The van der Waals surface area contributed by atoms with Crippen LogP contribution < -0.4 is 10.6 Å². The summed E-state index contributed by atoms with van der Waals surface area (Å²) in [5.74, 6) is -1.60. The van der Waals surface area contributed by atoms with Crippen molar-refractivity contribution in [3.05, 3.63) is 47.0 Å². The van der Waals surface area contributed by atoms with Crippen LogP contribution in [-0.4, -0.2) is 62.3 Å². The number of amides is 1. The van der Waals surface area contributed by atoms with E-state index in [0.29, 0.717) is 23.3 Å². The summed E-state index contributed by atoms with van der Waals surface area (Å²) in [5, 5.41) is 5.72. The van der Waals surface area contributed by atoms with Crippen LogP contribution >= 0.6 is 0 Å². The van der Waals surface area contributed by atoms with Gasteiger partial charge in [0, 0.05) is 26.2 Å². The Hall–Kier alpha value is -3.30. The number of Topliss-reactive ketones (excluding diaryl/α,β-unsaturated/α-hetero) is 1. The average Bonchev–Trinajstić information content (AvgIpc) is 3.08. The molecule has 3 rings (SSSR count). The van der Waals surface area contributed by atoms with Gasteiger partial charge in [0.15, 0.2) is 24.7 Å². The van der Waals surface area contributed by atoms with E-state index in [2.05, 4.69) is 10.6 Å². The minimum absolute atomic E-state index is 0.251. The van der Waals surface area contributed by atoms with E-state index in [-0.39, 0.29) is 18.3 Å². The molecule has 2 heterocycles. The largest absolute Gasteiger partial charge is 0.456 e. The number of benzene rings is 1. The third-order valence-electron chi connectivity index (χ3n) is 5.61. The number of cyclic esters (lactones) is 1. The van der Waals surface area contributed by atoms with Crippen LogP contribution in [0.1, 0.15) is 38.3 Å². The van der Waals surface area contributed by atoms with E-state index in [1.165, 1.54) is 14.0 Å². The van der Waals surface area contributed by atoms with Crippen molar-refractivity contribution in [1.29, 1.82) is 0 Å². The molecule has 1 aromatic carbocycles. The first-order valence-electron chi connectivity index (χ1n) is 10.7. The minimum Gasteiger partial charge on any atom is -0.456 e. The highest BCUT2D eigenvalue weighted by molar-refractivity contribution is 6.19. The van der Waals surface area contributed by atoms with Crippen molar-refractivity contribution in [2.24, 2.45) is 0 Å². The van der Waals surface area contributed by atoms with Crippen LogP contribution in [0.15, 0.2) is 35.9 Å². The number of ether oxygens (including phenoxy) is 3. The molecule has 0 aliphatic carbocycles. The molecule has 1 aromatic rings. The highest BCUT2D eigenvalue weighted by atomic mass is 16.6. The van der Waals surface area contributed by atoms with Crippen molar-refractivity contribution in [1.82, 2.24) is 10.6 Å². The van der Waals surface area contributed by atoms with Crippen molar-refractivity contribution in [3.63, 3.8) is 0 Å². The summed E-state index contributed by atoms with van der Waals surface area (Å²) in [6.45, 7) is 4.93. The first-order valence-corrected chi connectivity index (χ1v) is 10.7. The number of methoxy groups -OCH3 is 1. The molecule has 0 bridgehead atoms. The number of hydrogen-bond acceptors (Lipinski definition) is 8. The lowest BCUT2D eigenvalue weighted by molar-refractivity contribution is -0.157. The number of ketones is 1. The summed E-state index contributed by atoms with van der Waals surface area (Å²) >= 11 is 0. The third-order valence-corrected chi connectivity index (χ3v) is 5.61. The van der Waals surface area contributed by atoms with Gasteiger partial charge in [-0.2, -0.15) is 0 Å². The lowest BCUT2D eigenvalue weighted by Gasteiger charge is -2.22. The molecule has 33 heavy (non-hydrogen) atoms. The standard InChI is InChI=1S/C24H28N2O7/c1-13-21(24(30)33-22(13)26-15(3)27)17-7-5-16(6-8-17)18-9-10-25-19(11-18)20(28)12-32-23(29)14(2)31-4/h5-8,11,14,19,22,25H,9-10,12H2,1-4H3,(H,26,27)/t14?,19?,22-/m1/s1. The van der Waals surface area contributed by atoms with Gasteiger partial charge in [-0.3, -0.25) is 9.59 Å². The molecule has 2 aliphatic rings. The Kier molecular flexibility index (Phi) is 7.78. The normalized spacial score (nSPS) is 21.2. The van der Waals surface area contributed by atoms with Crippen LogP contribution in [0.4, 0.5) is 0 Å². The van der Waals surface area contributed by atoms with E-state index >= 15 is 0 Å². The molecule has 0 aromatic heterocycles.